The molecule has 136 valence electrons. The summed E-state index contributed by atoms with van der Waals surface area (Å²) in [6.45, 7) is 3.47. The van der Waals surface area contributed by atoms with Crippen molar-refractivity contribution in [2.45, 2.75) is 23.6 Å². The van der Waals surface area contributed by atoms with Crippen molar-refractivity contribution in [1.82, 2.24) is 4.31 Å². The first-order valence-corrected chi connectivity index (χ1v) is 11.0. The Morgan fingerprint density at radius 3 is 2.00 bits per heavy atom. The summed E-state index contributed by atoms with van der Waals surface area (Å²) in [7, 11) is -4.65. The van der Waals surface area contributed by atoms with Crippen LogP contribution < -0.4 is 4.72 Å². The first-order chi connectivity index (χ1) is 11.4. The van der Waals surface area contributed by atoms with Crippen molar-refractivity contribution in [2.24, 2.45) is 0 Å². The van der Waals surface area contributed by atoms with Crippen LogP contribution in [0.5, 0.6) is 0 Å². The van der Waals surface area contributed by atoms with Crippen LogP contribution in [0.3, 0.4) is 0 Å². The summed E-state index contributed by atoms with van der Waals surface area (Å²) < 4.78 is 54.2. The Labute approximate surface area is 157 Å². The first-order valence-electron chi connectivity index (χ1n) is 7.27. The van der Waals surface area contributed by atoms with Gasteiger partial charge in [0, 0.05) is 18.6 Å². The van der Waals surface area contributed by atoms with E-state index in [-0.39, 0.29) is 15.5 Å². The van der Waals surface area contributed by atoms with Crippen LogP contribution in [0.1, 0.15) is 11.1 Å². The molecule has 0 aromatic heterocycles. The summed E-state index contributed by atoms with van der Waals surface area (Å²) >= 11 is 3.26. The van der Waals surface area contributed by atoms with Gasteiger partial charge in [0.15, 0.2) is 0 Å². The van der Waals surface area contributed by atoms with Gasteiger partial charge in [0.2, 0.25) is 10.0 Å². The van der Waals surface area contributed by atoms with E-state index in [1.807, 2.05) is 0 Å². The van der Waals surface area contributed by atoms with Crippen molar-refractivity contribution in [1.29, 1.82) is 0 Å². The van der Waals surface area contributed by atoms with Crippen molar-refractivity contribution >= 4 is 41.7 Å². The number of hydrogen-bond acceptors (Lipinski definition) is 4. The Kier molecular flexibility index (Phi) is 5.62. The van der Waals surface area contributed by atoms with Crippen molar-refractivity contribution in [2.75, 3.05) is 18.8 Å². The summed E-state index contributed by atoms with van der Waals surface area (Å²) in [6.07, 6.45) is 0. The molecular weight excluding hydrogens is 428 g/mol. The normalized spacial score (nSPS) is 12.4. The Morgan fingerprint density at radius 2 is 1.48 bits per heavy atom. The van der Waals surface area contributed by atoms with Crippen molar-refractivity contribution < 1.29 is 16.8 Å². The van der Waals surface area contributed by atoms with Gasteiger partial charge in [-0.25, -0.2) is 21.1 Å². The lowest BCUT2D eigenvalue weighted by Crippen LogP contribution is -2.23. The highest BCUT2D eigenvalue weighted by Gasteiger charge is 2.22. The molecular formula is C16H19BrN2O4S2. The average Bonchev–Trinajstić information content (AvgIpc) is 2.51. The molecule has 2 rings (SSSR count). The third-order valence-electron chi connectivity index (χ3n) is 3.79. The molecule has 0 aliphatic carbocycles. The number of rotatable bonds is 5. The summed E-state index contributed by atoms with van der Waals surface area (Å²) in [5.41, 5.74) is 1.58. The van der Waals surface area contributed by atoms with E-state index in [1.54, 1.807) is 26.0 Å². The largest absolute Gasteiger partial charge is 0.279 e. The van der Waals surface area contributed by atoms with Crippen LogP contribution in [-0.2, 0) is 20.0 Å². The summed E-state index contributed by atoms with van der Waals surface area (Å²) in [5, 5.41) is 0. The van der Waals surface area contributed by atoms with Crippen LogP contribution in [-0.4, -0.2) is 35.2 Å². The number of sulfonamides is 2. The monoisotopic (exact) mass is 446 g/mol. The van der Waals surface area contributed by atoms with Gasteiger partial charge in [0.25, 0.3) is 10.0 Å². The smallest absolute Gasteiger partial charge is 0.261 e. The van der Waals surface area contributed by atoms with Crippen LogP contribution in [0, 0.1) is 13.8 Å². The van der Waals surface area contributed by atoms with Gasteiger partial charge in [0.1, 0.15) is 0 Å². The Bertz CT molecular complexity index is 999. The maximum Gasteiger partial charge on any atom is 0.261 e. The number of anilines is 1. The molecule has 0 radical (unpaired) electrons. The van der Waals surface area contributed by atoms with Gasteiger partial charge in [-0.1, -0.05) is 15.9 Å². The molecule has 6 nitrogen and oxygen atoms in total. The summed E-state index contributed by atoms with van der Waals surface area (Å²) in [4.78, 5) is 0.128. The molecule has 0 aliphatic rings. The molecule has 1 N–H and O–H groups in total. The maximum absolute atomic E-state index is 12.6. The lowest BCUT2D eigenvalue weighted by atomic mass is 10.1. The second-order valence-corrected chi connectivity index (χ2v) is 10.5. The SMILES string of the molecule is Cc1cc(S(=O)(=O)N(C)C)cc(NS(=O)(=O)c2ccc(Br)cc2)c1C. The average molecular weight is 447 g/mol. The van der Waals surface area contributed by atoms with Gasteiger partial charge in [0.05, 0.1) is 15.5 Å². The predicted octanol–water partition coefficient (Wildman–Crippen LogP) is 3.12. The third-order valence-corrected chi connectivity index (χ3v) is 7.49. The predicted molar refractivity (Wildman–Crippen MR) is 102 cm³/mol. The Morgan fingerprint density at radius 1 is 0.920 bits per heavy atom. The molecule has 0 atom stereocenters. The molecule has 0 fully saturated rings. The van der Waals surface area contributed by atoms with Gasteiger partial charge >= 0.3 is 0 Å². The zero-order valence-electron chi connectivity index (χ0n) is 14.2. The fraction of sp³-hybridized carbons (Fsp3) is 0.250. The minimum atomic E-state index is -3.83. The second kappa shape index (κ2) is 7.06. The topological polar surface area (TPSA) is 83.6 Å². The van der Waals surface area contributed by atoms with Gasteiger partial charge in [-0.15, -0.1) is 0 Å². The van der Waals surface area contributed by atoms with E-state index in [1.165, 1.54) is 38.4 Å². The number of benzene rings is 2. The maximum atomic E-state index is 12.6. The van der Waals surface area contributed by atoms with E-state index in [9.17, 15) is 16.8 Å². The van der Waals surface area contributed by atoms with Crippen LogP contribution >= 0.6 is 15.9 Å². The van der Waals surface area contributed by atoms with Crippen LogP contribution in [0.2, 0.25) is 0 Å². The second-order valence-electron chi connectivity index (χ2n) is 5.76. The molecule has 0 unspecified atom stereocenters. The first kappa shape index (κ1) is 19.9. The number of aryl methyl sites for hydroxylation is 1. The number of nitrogens with one attached hydrogen (secondary N) is 1. The highest BCUT2D eigenvalue weighted by molar-refractivity contribution is 9.10. The van der Waals surface area contributed by atoms with Gasteiger partial charge in [-0.2, -0.15) is 0 Å². The molecule has 0 spiro atoms. The molecule has 0 bridgehead atoms. The zero-order valence-corrected chi connectivity index (χ0v) is 17.5. The van der Waals surface area contributed by atoms with E-state index in [0.717, 1.165) is 8.78 Å². The lowest BCUT2D eigenvalue weighted by Gasteiger charge is -2.17. The van der Waals surface area contributed by atoms with E-state index in [4.69, 9.17) is 0 Å². The highest BCUT2D eigenvalue weighted by atomic mass is 79.9. The number of halogens is 1. The molecule has 2 aromatic rings. The van der Waals surface area contributed by atoms with Crippen molar-refractivity contribution in [3.8, 4) is 0 Å². The quantitative estimate of drug-likeness (QED) is 0.764. The van der Waals surface area contributed by atoms with E-state index in [2.05, 4.69) is 20.7 Å². The fourth-order valence-corrected chi connectivity index (χ4v) is 4.50. The molecule has 0 amide bonds. The minimum absolute atomic E-state index is 0.0362. The van der Waals surface area contributed by atoms with Gasteiger partial charge < -0.3 is 0 Å². The van der Waals surface area contributed by atoms with E-state index < -0.39 is 20.0 Å². The van der Waals surface area contributed by atoms with Crippen molar-refractivity contribution in [3.63, 3.8) is 0 Å². The van der Waals surface area contributed by atoms with Crippen LogP contribution in [0.15, 0.2) is 50.7 Å². The van der Waals surface area contributed by atoms with Gasteiger partial charge in [-0.05, 0) is 61.4 Å². The Hall–Kier alpha value is -1.42. The molecule has 9 heteroatoms. The minimum Gasteiger partial charge on any atom is -0.279 e. The standard InChI is InChI=1S/C16H19BrN2O4S2/c1-11-9-15(25(22,23)19(3)4)10-16(12(11)2)18-24(20,21)14-7-5-13(17)6-8-14/h5-10,18H,1-4H3. The number of hydrogen-bond donors (Lipinski definition) is 1. The zero-order chi connectivity index (χ0) is 19.0. The van der Waals surface area contributed by atoms with Crippen LogP contribution in [0.25, 0.3) is 0 Å². The molecule has 0 aliphatic heterocycles. The van der Waals surface area contributed by atoms with Gasteiger partial charge in [-0.3, -0.25) is 4.72 Å². The molecule has 2 aromatic carbocycles. The van der Waals surface area contributed by atoms with Crippen molar-refractivity contribution in [3.05, 3.63) is 52.0 Å². The molecule has 0 heterocycles. The summed E-state index contributed by atoms with van der Waals surface area (Å²) in [5.74, 6) is 0. The fourth-order valence-electron chi connectivity index (χ4n) is 2.11. The van der Waals surface area contributed by atoms with E-state index in [0.29, 0.717) is 11.1 Å². The molecule has 0 saturated heterocycles. The van der Waals surface area contributed by atoms with E-state index >= 15 is 0 Å². The van der Waals surface area contributed by atoms with Crippen LogP contribution in [0.4, 0.5) is 5.69 Å². The molecule has 25 heavy (non-hydrogen) atoms. The Balaban J connectivity index is 2.53. The number of nitrogens with zero attached hydrogens (tertiary/aromatic N) is 1. The third kappa shape index (κ3) is 4.22. The summed E-state index contributed by atoms with van der Waals surface area (Å²) in [6, 6.07) is 9.05. The molecule has 0 saturated carbocycles. The lowest BCUT2D eigenvalue weighted by molar-refractivity contribution is 0.520. The highest BCUT2D eigenvalue weighted by Crippen LogP contribution is 2.27.